The average Bonchev–Trinajstić information content (AvgIpc) is 2.95. The van der Waals surface area contributed by atoms with Gasteiger partial charge in [0.15, 0.2) is 0 Å². The van der Waals surface area contributed by atoms with Crippen molar-refractivity contribution in [2.45, 2.75) is 51.3 Å². The number of aliphatic hydroxyl groups is 1. The Kier molecular flexibility index (Phi) is 3.50. The van der Waals surface area contributed by atoms with Crippen LogP contribution < -0.4 is 5.32 Å². The van der Waals surface area contributed by atoms with E-state index in [4.69, 9.17) is 0 Å². The van der Waals surface area contributed by atoms with Crippen LogP contribution in [0, 0.1) is 5.92 Å². The predicted molar refractivity (Wildman–Crippen MR) is 62.0 cm³/mol. The van der Waals surface area contributed by atoms with E-state index in [1.807, 2.05) is 4.90 Å². The molecular formula is C12H22N2O2. The normalized spacial score (nSPS) is 29.8. The smallest absolute Gasteiger partial charge is 0.240 e. The third-order valence-corrected chi connectivity index (χ3v) is 3.46. The second-order valence-electron chi connectivity index (χ2n) is 5.38. The van der Waals surface area contributed by atoms with Crippen LogP contribution in [-0.2, 0) is 4.79 Å². The standard InChI is InChI=1S/C12H22N2O2/c1-8(2)14(7-9-3-4-9)12(16)11-5-10(15)6-13-11/h8-11,13,15H,3-7H2,1-2H3. The molecule has 2 N–H and O–H groups in total. The van der Waals surface area contributed by atoms with Gasteiger partial charge in [-0.05, 0) is 39.0 Å². The minimum atomic E-state index is -0.358. The van der Waals surface area contributed by atoms with Crippen molar-refractivity contribution in [1.29, 1.82) is 0 Å². The molecule has 16 heavy (non-hydrogen) atoms. The van der Waals surface area contributed by atoms with E-state index in [0.717, 1.165) is 12.5 Å². The Balaban J connectivity index is 1.93. The lowest BCUT2D eigenvalue weighted by Crippen LogP contribution is -2.47. The summed E-state index contributed by atoms with van der Waals surface area (Å²) < 4.78 is 0. The Morgan fingerprint density at radius 3 is 2.62 bits per heavy atom. The summed E-state index contributed by atoms with van der Waals surface area (Å²) in [4.78, 5) is 14.2. The maximum absolute atomic E-state index is 12.2. The molecule has 0 radical (unpaired) electrons. The van der Waals surface area contributed by atoms with Gasteiger partial charge in [-0.3, -0.25) is 4.79 Å². The molecule has 2 atom stereocenters. The number of rotatable bonds is 4. The van der Waals surface area contributed by atoms with Gasteiger partial charge in [-0.1, -0.05) is 0 Å². The summed E-state index contributed by atoms with van der Waals surface area (Å²) >= 11 is 0. The van der Waals surface area contributed by atoms with Crippen LogP contribution in [0.15, 0.2) is 0 Å². The van der Waals surface area contributed by atoms with Gasteiger partial charge in [0.2, 0.25) is 5.91 Å². The number of carbonyl (C=O) groups excluding carboxylic acids is 1. The summed E-state index contributed by atoms with van der Waals surface area (Å²) in [5.41, 5.74) is 0. The minimum absolute atomic E-state index is 0.165. The van der Waals surface area contributed by atoms with Gasteiger partial charge in [-0.25, -0.2) is 0 Å². The van der Waals surface area contributed by atoms with Crippen molar-refractivity contribution in [3.63, 3.8) is 0 Å². The molecule has 1 saturated heterocycles. The first-order chi connectivity index (χ1) is 7.58. The number of hydrogen-bond acceptors (Lipinski definition) is 3. The third-order valence-electron chi connectivity index (χ3n) is 3.46. The largest absolute Gasteiger partial charge is 0.392 e. The Hall–Kier alpha value is -0.610. The molecule has 1 saturated carbocycles. The van der Waals surface area contributed by atoms with Gasteiger partial charge >= 0.3 is 0 Å². The lowest BCUT2D eigenvalue weighted by Gasteiger charge is -2.29. The Labute approximate surface area is 97.0 Å². The molecule has 1 heterocycles. The van der Waals surface area contributed by atoms with E-state index >= 15 is 0 Å². The summed E-state index contributed by atoms with van der Waals surface area (Å²) in [5, 5.41) is 12.5. The van der Waals surface area contributed by atoms with Gasteiger partial charge in [-0.15, -0.1) is 0 Å². The zero-order chi connectivity index (χ0) is 11.7. The van der Waals surface area contributed by atoms with Crippen molar-refractivity contribution in [3.05, 3.63) is 0 Å². The van der Waals surface area contributed by atoms with Crippen LogP contribution in [0.5, 0.6) is 0 Å². The van der Waals surface area contributed by atoms with Crippen LogP contribution in [0.25, 0.3) is 0 Å². The summed E-state index contributed by atoms with van der Waals surface area (Å²) in [6.07, 6.45) is 2.73. The van der Waals surface area contributed by atoms with E-state index in [9.17, 15) is 9.90 Å². The van der Waals surface area contributed by atoms with Crippen LogP contribution in [-0.4, -0.2) is 47.2 Å². The maximum Gasteiger partial charge on any atom is 0.240 e. The van der Waals surface area contributed by atoms with Crippen LogP contribution >= 0.6 is 0 Å². The number of nitrogens with one attached hydrogen (secondary N) is 1. The Bertz CT molecular complexity index is 264. The number of aliphatic hydroxyl groups excluding tert-OH is 1. The molecule has 1 amide bonds. The second kappa shape index (κ2) is 4.72. The SMILES string of the molecule is CC(C)N(CC1CC1)C(=O)C1CC(O)CN1. The number of nitrogens with zero attached hydrogens (tertiary/aromatic N) is 1. The topological polar surface area (TPSA) is 52.6 Å². The van der Waals surface area contributed by atoms with E-state index in [0.29, 0.717) is 13.0 Å². The molecule has 2 fully saturated rings. The Morgan fingerprint density at radius 2 is 2.19 bits per heavy atom. The number of amides is 1. The van der Waals surface area contributed by atoms with Crippen LogP contribution in [0.3, 0.4) is 0 Å². The van der Waals surface area contributed by atoms with Crippen molar-refractivity contribution in [2.24, 2.45) is 5.92 Å². The van der Waals surface area contributed by atoms with Gasteiger partial charge < -0.3 is 15.3 Å². The molecule has 4 nitrogen and oxygen atoms in total. The number of β-amino-alcohol motifs (C(OH)–C–C–N with tert-alkyl or cyclic N) is 1. The summed E-state index contributed by atoms with van der Waals surface area (Å²) in [7, 11) is 0. The Morgan fingerprint density at radius 1 is 1.50 bits per heavy atom. The third kappa shape index (κ3) is 2.74. The van der Waals surface area contributed by atoms with Crippen molar-refractivity contribution in [3.8, 4) is 0 Å². The van der Waals surface area contributed by atoms with Gasteiger partial charge in [-0.2, -0.15) is 0 Å². The van der Waals surface area contributed by atoms with E-state index in [2.05, 4.69) is 19.2 Å². The maximum atomic E-state index is 12.2. The second-order valence-corrected chi connectivity index (χ2v) is 5.38. The minimum Gasteiger partial charge on any atom is -0.392 e. The zero-order valence-electron chi connectivity index (χ0n) is 10.1. The highest BCUT2D eigenvalue weighted by Gasteiger charge is 2.34. The highest BCUT2D eigenvalue weighted by molar-refractivity contribution is 5.82. The summed E-state index contributed by atoms with van der Waals surface area (Å²) in [6.45, 7) is 5.56. The number of carbonyl (C=O) groups is 1. The lowest BCUT2D eigenvalue weighted by molar-refractivity contribution is -0.135. The molecule has 2 rings (SSSR count). The molecule has 1 aliphatic carbocycles. The summed E-state index contributed by atoms with van der Waals surface area (Å²) in [6, 6.07) is 0.0868. The predicted octanol–water partition coefficient (Wildman–Crippen LogP) is 0.356. The molecule has 0 bridgehead atoms. The van der Waals surface area contributed by atoms with Crippen LogP contribution in [0.1, 0.15) is 33.1 Å². The van der Waals surface area contributed by atoms with E-state index in [1.54, 1.807) is 0 Å². The fraction of sp³-hybridized carbons (Fsp3) is 0.917. The molecule has 0 aromatic rings. The molecule has 1 aliphatic heterocycles. The number of hydrogen-bond donors (Lipinski definition) is 2. The highest BCUT2D eigenvalue weighted by atomic mass is 16.3. The van der Waals surface area contributed by atoms with Crippen molar-refractivity contribution < 1.29 is 9.90 Å². The van der Waals surface area contributed by atoms with Crippen LogP contribution in [0.4, 0.5) is 0 Å². The van der Waals surface area contributed by atoms with E-state index < -0.39 is 0 Å². The first kappa shape index (κ1) is 11.9. The highest BCUT2D eigenvalue weighted by Crippen LogP contribution is 2.30. The quantitative estimate of drug-likeness (QED) is 0.727. The molecule has 92 valence electrons. The first-order valence-corrected chi connectivity index (χ1v) is 6.30. The molecule has 2 unspecified atom stereocenters. The van der Waals surface area contributed by atoms with Crippen molar-refractivity contribution in [2.75, 3.05) is 13.1 Å². The fourth-order valence-corrected chi connectivity index (χ4v) is 2.24. The first-order valence-electron chi connectivity index (χ1n) is 6.30. The van der Waals surface area contributed by atoms with Gasteiger partial charge in [0.1, 0.15) is 0 Å². The average molecular weight is 226 g/mol. The van der Waals surface area contributed by atoms with Crippen molar-refractivity contribution >= 4 is 5.91 Å². The molecule has 4 heteroatoms. The van der Waals surface area contributed by atoms with E-state index in [-0.39, 0.29) is 24.1 Å². The molecular weight excluding hydrogens is 204 g/mol. The van der Waals surface area contributed by atoms with Gasteiger partial charge in [0, 0.05) is 19.1 Å². The summed E-state index contributed by atoms with van der Waals surface area (Å²) in [5.74, 6) is 0.885. The van der Waals surface area contributed by atoms with Crippen molar-refractivity contribution in [1.82, 2.24) is 10.2 Å². The molecule has 0 aromatic heterocycles. The molecule has 0 spiro atoms. The van der Waals surface area contributed by atoms with Gasteiger partial charge in [0.05, 0.1) is 12.1 Å². The molecule has 0 aromatic carbocycles. The zero-order valence-corrected chi connectivity index (χ0v) is 10.1. The monoisotopic (exact) mass is 226 g/mol. The lowest BCUT2D eigenvalue weighted by atomic mass is 10.1. The van der Waals surface area contributed by atoms with E-state index in [1.165, 1.54) is 12.8 Å². The molecule has 2 aliphatic rings. The fourth-order valence-electron chi connectivity index (χ4n) is 2.24. The van der Waals surface area contributed by atoms with Crippen LogP contribution in [0.2, 0.25) is 0 Å². The van der Waals surface area contributed by atoms with Gasteiger partial charge in [0.25, 0.3) is 0 Å².